The summed E-state index contributed by atoms with van der Waals surface area (Å²) in [6.45, 7) is 0. The maximum Gasteiger partial charge on any atom is 0.248 e. The Kier molecular flexibility index (Phi) is 2.64. The van der Waals surface area contributed by atoms with Crippen molar-refractivity contribution in [1.82, 2.24) is 0 Å². The van der Waals surface area contributed by atoms with Crippen molar-refractivity contribution >= 4 is 12.4 Å². The van der Waals surface area contributed by atoms with Crippen molar-refractivity contribution in [3.05, 3.63) is 0 Å². The van der Waals surface area contributed by atoms with Gasteiger partial charge in [-0.2, -0.15) is 0 Å². The lowest BCUT2D eigenvalue weighted by Gasteiger charge is -2.10. The molecule has 2 fully saturated rings. The molecule has 0 bridgehead atoms. The number of nitrogens with two attached hydrogens (primary N) is 1. The molecule has 0 aromatic rings. The lowest BCUT2D eigenvalue weighted by molar-refractivity contribution is 0.0000250. The van der Waals surface area contributed by atoms with Gasteiger partial charge in [-0.25, -0.2) is 8.78 Å². The average Bonchev–Trinajstić information content (AvgIpc) is 2.17. The predicted molar refractivity (Wildman–Crippen MR) is 45.6 cm³/mol. The molecule has 2 aliphatic carbocycles. The van der Waals surface area contributed by atoms with E-state index in [2.05, 4.69) is 0 Å². The highest BCUT2D eigenvalue weighted by Crippen LogP contribution is 2.50. The van der Waals surface area contributed by atoms with Crippen LogP contribution < -0.4 is 5.73 Å². The summed E-state index contributed by atoms with van der Waals surface area (Å²) in [6, 6.07) is 0.195. The van der Waals surface area contributed by atoms with E-state index >= 15 is 0 Å². The van der Waals surface area contributed by atoms with Gasteiger partial charge in [-0.15, -0.1) is 12.4 Å². The van der Waals surface area contributed by atoms with Gasteiger partial charge in [0.15, 0.2) is 0 Å². The topological polar surface area (TPSA) is 26.0 Å². The zero-order chi connectivity index (χ0) is 8.06. The first-order chi connectivity index (χ1) is 5.07. The average molecular weight is 198 g/mol. The van der Waals surface area contributed by atoms with Gasteiger partial charge < -0.3 is 5.73 Å². The van der Waals surface area contributed by atoms with E-state index < -0.39 is 5.92 Å². The molecular formula is C8H14ClF2N. The van der Waals surface area contributed by atoms with Crippen LogP contribution in [0.15, 0.2) is 0 Å². The number of rotatable bonds is 0. The molecule has 2 aliphatic rings. The van der Waals surface area contributed by atoms with E-state index in [9.17, 15) is 8.78 Å². The fraction of sp³-hybridized carbons (Fsp3) is 1.00. The second kappa shape index (κ2) is 3.11. The zero-order valence-corrected chi connectivity index (χ0v) is 7.62. The molecule has 0 spiro atoms. The highest BCUT2D eigenvalue weighted by molar-refractivity contribution is 5.85. The fourth-order valence-corrected chi connectivity index (χ4v) is 2.61. The van der Waals surface area contributed by atoms with Gasteiger partial charge in [0.1, 0.15) is 0 Å². The summed E-state index contributed by atoms with van der Waals surface area (Å²) < 4.78 is 25.5. The Morgan fingerprint density at radius 1 is 1.08 bits per heavy atom. The Bertz CT molecular complexity index is 158. The van der Waals surface area contributed by atoms with E-state index in [0.29, 0.717) is 0 Å². The first kappa shape index (κ1) is 10.2. The quantitative estimate of drug-likeness (QED) is 0.633. The third-order valence-corrected chi connectivity index (χ3v) is 3.00. The Morgan fingerprint density at radius 2 is 1.50 bits per heavy atom. The molecule has 72 valence electrons. The lowest BCUT2D eigenvalue weighted by atomic mass is 10.0. The maximum atomic E-state index is 12.8. The standard InChI is InChI=1S/C8H13F2N.ClH/c9-8(10)3-5-1-7(11)2-6(5)4-8;/h5-7H,1-4,11H2;1H. The van der Waals surface area contributed by atoms with E-state index in [4.69, 9.17) is 5.73 Å². The van der Waals surface area contributed by atoms with Crippen LogP contribution in [0.25, 0.3) is 0 Å². The Balaban J connectivity index is 0.000000720. The third kappa shape index (κ3) is 1.72. The van der Waals surface area contributed by atoms with E-state index in [1.807, 2.05) is 0 Å². The fourth-order valence-electron chi connectivity index (χ4n) is 2.61. The zero-order valence-electron chi connectivity index (χ0n) is 6.80. The predicted octanol–water partition coefficient (Wildman–Crippen LogP) is 2.19. The molecule has 2 atom stereocenters. The Morgan fingerprint density at radius 3 is 1.92 bits per heavy atom. The van der Waals surface area contributed by atoms with Gasteiger partial charge in [-0.3, -0.25) is 0 Å². The minimum absolute atomic E-state index is 0. The molecule has 2 N–H and O–H groups in total. The molecule has 0 aromatic heterocycles. The van der Waals surface area contributed by atoms with Crippen molar-refractivity contribution < 1.29 is 8.78 Å². The van der Waals surface area contributed by atoms with Crippen LogP contribution in [0, 0.1) is 11.8 Å². The van der Waals surface area contributed by atoms with E-state index in [1.165, 1.54) is 0 Å². The smallest absolute Gasteiger partial charge is 0.248 e. The van der Waals surface area contributed by atoms with E-state index in [0.717, 1.165) is 12.8 Å². The van der Waals surface area contributed by atoms with Crippen LogP contribution in [-0.2, 0) is 0 Å². The van der Waals surface area contributed by atoms with Crippen LogP contribution in [0.1, 0.15) is 25.7 Å². The molecule has 12 heavy (non-hydrogen) atoms. The Labute approximate surface area is 77.1 Å². The van der Waals surface area contributed by atoms with Gasteiger partial charge in [-0.05, 0) is 24.7 Å². The summed E-state index contributed by atoms with van der Waals surface area (Å²) >= 11 is 0. The molecule has 0 saturated heterocycles. The molecule has 0 aromatic carbocycles. The molecule has 0 heterocycles. The summed E-state index contributed by atoms with van der Waals surface area (Å²) in [4.78, 5) is 0. The van der Waals surface area contributed by atoms with Gasteiger partial charge in [0.2, 0.25) is 5.92 Å². The molecule has 2 rings (SSSR count). The van der Waals surface area contributed by atoms with Gasteiger partial charge >= 0.3 is 0 Å². The van der Waals surface area contributed by atoms with Crippen molar-refractivity contribution in [2.45, 2.75) is 37.6 Å². The van der Waals surface area contributed by atoms with Crippen molar-refractivity contribution in [3.8, 4) is 0 Å². The van der Waals surface area contributed by atoms with Gasteiger partial charge in [0, 0.05) is 18.9 Å². The Hall–Kier alpha value is 0.110. The second-order valence-electron chi connectivity index (χ2n) is 4.02. The number of hydrogen-bond donors (Lipinski definition) is 1. The molecule has 2 saturated carbocycles. The van der Waals surface area contributed by atoms with Crippen molar-refractivity contribution in [3.63, 3.8) is 0 Å². The second-order valence-corrected chi connectivity index (χ2v) is 4.02. The monoisotopic (exact) mass is 197 g/mol. The molecule has 1 nitrogen and oxygen atoms in total. The highest BCUT2D eigenvalue weighted by atomic mass is 35.5. The number of fused-ring (bicyclic) bond motifs is 1. The first-order valence-electron chi connectivity index (χ1n) is 4.20. The molecular weight excluding hydrogens is 184 g/mol. The third-order valence-electron chi connectivity index (χ3n) is 3.00. The largest absolute Gasteiger partial charge is 0.328 e. The minimum atomic E-state index is -2.38. The van der Waals surface area contributed by atoms with Crippen molar-refractivity contribution in [1.29, 1.82) is 0 Å². The highest BCUT2D eigenvalue weighted by Gasteiger charge is 2.49. The van der Waals surface area contributed by atoms with Crippen LogP contribution in [0.5, 0.6) is 0 Å². The van der Waals surface area contributed by atoms with Crippen LogP contribution in [0.4, 0.5) is 8.78 Å². The summed E-state index contributed by atoms with van der Waals surface area (Å²) in [5.74, 6) is -1.94. The van der Waals surface area contributed by atoms with Crippen LogP contribution in [-0.4, -0.2) is 12.0 Å². The summed E-state index contributed by atoms with van der Waals surface area (Å²) in [6.07, 6.45) is 1.82. The molecule has 0 radical (unpaired) electrons. The van der Waals surface area contributed by atoms with Crippen molar-refractivity contribution in [2.24, 2.45) is 17.6 Å². The number of alkyl halides is 2. The van der Waals surface area contributed by atoms with E-state index in [1.54, 1.807) is 0 Å². The van der Waals surface area contributed by atoms with E-state index in [-0.39, 0.29) is 43.1 Å². The summed E-state index contributed by atoms with van der Waals surface area (Å²) in [5.41, 5.74) is 5.67. The summed E-state index contributed by atoms with van der Waals surface area (Å²) in [7, 11) is 0. The normalized spacial score (nSPS) is 43.8. The van der Waals surface area contributed by atoms with Gasteiger partial charge in [0.05, 0.1) is 0 Å². The number of hydrogen-bond acceptors (Lipinski definition) is 1. The van der Waals surface area contributed by atoms with Crippen LogP contribution in [0.3, 0.4) is 0 Å². The van der Waals surface area contributed by atoms with Gasteiger partial charge in [0.25, 0.3) is 0 Å². The van der Waals surface area contributed by atoms with Crippen molar-refractivity contribution in [2.75, 3.05) is 0 Å². The summed E-state index contributed by atoms with van der Waals surface area (Å²) in [5, 5.41) is 0. The lowest BCUT2D eigenvalue weighted by Crippen LogP contribution is -2.19. The maximum absolute atomic E-state index is 12.8. The SMILES string of the molecule is Cl.NC1CC2CC(F)(F)CC2C1. The minimum Gasteiger partial charge on any atom is -0.328 e. The molecule has 4 heteroatoms. The molecule has 0 aliphatic heterocycles. The first-order valence-corrected chi connectivity index (χ1v) is 4.20. The van der Waals surface area contributed by atoms with Crippen LogP contribution >= 0.6 is 12.4 Å². The number of halogens is 3. The van der Waals surface area contributed by atoms with Gasteiger partial charge in [-0.1, -0.05) is 0 Å². The van der Waals surface area contributed by atoms with Crippen LogP contribution in [0.2, 0.25) is 0 Å². The molecule has 2 unspecified atom stereocenters. The molecule has 0 amide bonds.